The average Bonchev–Trinajstić information content (AvgIpc) is 2.65. The van der Waals surface area contributed by atoms with Crippen molar-refractivity contribution in [3.8, 4) is 5.75 Å². The Kier molecular flexibility index (Phi) is 3.52. The minimum Gasteiger partial charge on any atom is -0.494 e. The molecule has 0 amide bonds. The Hall–Kier alpha value is -2.02. The standard InChI is InChI=1S/C11H13N3O3S/c1-2-17-7-3-4-8-9(5-7)18-11(15)14(8)6-10(12)13-16/h3-5,16H,2,6H2,1H3,(H2,12,13). The van der Waals surface area contributed by atoms with Gasteiger partial charge >= 0.3 is 4.87 Å². The van der Waals surface area contributed by atoms with Crippen LogP contribution >= 0.6 is 11.3 Å². The molecule has 18 heavy (non-hydrogen) atoms. The van der Waals surface area contributed by atoms with E-state index in [4.69, 9.17) is 15.7 Å². The van der Waals surface area contributed by atoms with Crippen LogP contribution in [0.25, 0.3) is 10.2 Å². The van der Waals surface area contributed by atoms with Crippen LogP contribution in [0.15, 0.2) is 28.1 Å². The third-order valence-corrected chi connectivity index (χ3v) is 3.34. The number of benzene rings is 1. The van der Waals surface area contributed by atoms with E-state index in [0.29, 0.717) is 6.61 Å². The van der Waals surface area contributed by atoms with Gasteiger partial charge < -0.3 is 15.7 Å². The highest BCUT2D eigenvalue weighted by Gasteiger charge is 2.09. The fourth-order valence-electron chi connectivity index (χ4n) is 1.65. The first-order valence-corrected chi connectivity index (χ1v) is 6.20. The van der Waals surface area contributed by atoms with Crippen LogP contribution in [0.4, 0.5) is 0 Å². The molecule has 1 aromatic heterocycles. The van der Waals surface area contributed by atoms with Gasteiger partial charge in [0.15, 0.2) is 5.84 Å². The summed E-state index contributed by atoms with van der Waals surface area (Å²) < 4.78 is 7.65. The third kappa shape index (κ3) is 2.30. The van der Waals surface area contributed by atoms with Crippen LogP contribution in [-0.2, 0) is 6.54 Å². The minimum atomic E-state index is -0.148. The summed E-state index contributed by atoms with van der Waals surface area (Å²) >= 11 is 1.11. The van der Waals surface area contributed by atoms with E-state index in [1.54, 1.807) is 12.1 Å². The van der Waals surface area contributed by atoms with Gasteiger partial charge in [-0.3, -0.25) is 9.36 Å². The molecule has 96 valence electrons. The number of thiazole rings is 1. The molecule has 0 bridgehead atoms. The third-order valence-electron chi connectivity index (χ3n) is 2.40. The fraction of sp³-hybridized carbons (Fsp3) is 0.273. The number of amidine groups is 1. The Balaban J connectivity index is 2.49. The lowest BCUT2D eigenvalue weighted by Crippen LogP contribution is -2.24. The molecule has 0 fully saturated rings. The molecule has 0 aliphatic rings. The first-order valence-electron chi connectivity index (χ1n) is 5.38. The molecule has 0 saturated heterocycles. The number of ether oxygens (including phenoxy) is 1. The van der Waals surface area contributed by atoms with E-state index >= 15 is 0 Å². The molecule has 2 aromatic rings. The first kappa shape index (κ1) is 12.4. The van der Waals surface area contributed by atoms with Crippen molar-refractivity contribution in [2.75, 3.05) is 6.61 Å². The predicted octanol–water partition coefficient (Wildman–Crippen LogP) is 1.21. The zero-order chi connectivity index (χ0) is 13.1. The number of nitrogens with zero attached hydrogens (tertiary/aromatic N) is 2. The van der Waals surface area contributed by atoms with Crippen molar-refractivity contribution in [1.29, 1.82) is 0 Å². The van der Waals surface area contributed by atoms with Crippen LogP contribution < -0.4 is 15.3 Å². The smallest absolute Gasteiger partial charge is 0.308 e. The zero-order valence-electron chi connectivity index (χ0n) is 9.79. The number of oxime groups is 1. The van der Waals surface area contributed by atoms with E-state index in [0.717, 1.165) is 27.3 Å². The maximum absolute atomic E-state index is 11.8. The zero-order valence-corrected chi connectivity index (χ0v) is 10.6. The van der Waals surface area contributed by atoms with Crippen molar-refractivity contribution in [3.63, 3.8) is 0 Å². The van der Waals surface area contributed by atoms with Gasteiger partial charge in [0.05, 0.1) is 23.4 Å². The molecule has 0 aliphatic carbocycles. The van der Waals surface area contributed by atoms with Crippen molar-refractivity contribution in [1.82, 2.24) is 4.57 Å². The Labute approximate surface area is 107 Å². The van der Waals surface area contributed by atoms with Gasteiger partial charge in [-0.15, -0.1) is 0 Å². The molecule has 0 aliphatic heterocycles. The minimum absolute atomic E-state index is 0.00863. The number of fused-ring (bicyclic) bond motifs is 1. The average molecular weight is 267 g/mol. The summed E-state index contributed by atoms with van der Waals surface area (Å²) in [6.45, 7) is 2.55. The van der Waals surface area contributed by atoms with E-state index in [1.807, 2.05) is 13.0 Å². The van der Waals surface area contributed by atoms with Crippen LogP contribution in [-0.4, -0.2) is 22.2 Å². The summed E-state index contributed by atoms with van der Waals surface area (Å²) in [6.07, 6.45) is 0. The van der Waals surface area contributed by atoms with Crippen molar-refractivity contribution >= 4 is 27.4 Å². The molecular formula is C11H13N3O3S. The van der Waals surface area contributed by atoms with Crippen LogP contribution in [0.5, 0.6) is 5.75 Å². The van der Waals surface area contributed by atoms with Crippen molar-refractivity contribution in [3.05, 3.63) is 27.9 Å². The van der Waals surface area contributed by atoms with E-state index in [2.05, 4.69) is 5.16 Å². The Morgan fingerprint density at radius 3 is 3.06 bits per heavy atom. The molecule has 1 aromatic carbocycles. The highest BCUT2D eigenvalue weighted by atomic mass is 32.1. The second-order valence-corrected chi connectivity index (χ2v) is 4.60. The van der Waals surface area contributed by atoms with Gasteiger partial charge in [0, 0.05) is 0 Å². The highest BCUT2D eigenvalue weighted by molar-refractivity contribution is 7.16. The second kappa shape index (κ2) is 5.09. The molecular weight excluding hydrogens is 254 g/mol. The predicted molar refractivity (Wildman–Crippen MR) is 70.7 cm³/mol. The largest absolute Gasteiger partial charge is 0.494 e. The molecule has 0 radical (unpaired) electrons. The van der Waals surface area contributed by atoms with Gasteiger partial charge in [-0.2, -0.15) is 0 Å². The van der Waals surface area contributed by atoms with Gasteiger partial charge in [0.25, 0.3) is 0 Å². The van der Waals surface area contributed by atoms with Crippen molar-refractivity contribution < 1.29 is 9.94 Å². The first-order chi connectivity index (χ1) is 8.65. The SMILES string of the molecule is CCOc1ccc2c(c1)sc(=O)n2C/C(N)=N/O. The van der Waals surface area contributed by atoms with Gasteiger partial charge in [0.1, 0.15) is 5.75 Å². The number of hydrogen-bond donors (Lipinski definition) is 2. The van der Waals surface area contributed by atoms with Crippen LogP contribution in [0.2, 0.25) is 0 Å². The van der Waals surface area contributed by atoms with E-state index in [1.165, 1.54) is 4.57 Å². The Morgan fingerprint density at radius 2 is 2.39 bits per heavy atom. The maximum Gasteiger partial charge on any atom is 0.308 e. The lowest BCUT2D eigenvalue weighted by molar-refractivity contribution is 0.316. The summed E-state index contributed by atoms with van der Waals surface area (Å²) in [6, 6.07) is 5.40. The molecule has 0 spiro atoms. The van der Waals surface area contributed by atoms with E-state index in [9.17, 15) is 4.79 Å². The molecule has 7 heteroatoms. The van der Waals surface area contributed by atoms with E-state index in [-0.39, 0.29) is 17.3 Å². The lowest BCUT2D eigenvalue weighted by atomic mass is 10.3. The molecule has 0 saturated carbocycles. The molecule has 3 N–H and O–H groups in total. The lowest BCUT2D eigenvalue weighted by Gasteiger charge is -2.04. The summed E-state index contributed by atoms with van der Waals surface area (Å²) in [5.41, 5.74) is 6.17. The molecule has 0 unspecified atom stereocenters. The molecule has 0 atom stereocenters. The van der Waals surface area contributed by atoms with E-state index < -0.39 is 0 Å². The Morgan fingerprint density at radius 1 is 1.61 bits per heavy atom. The maximum atomic E-state index is 11.8. The van der Waals surface area contributed by atoms with Crippen LogP contribution in [0, 0.1) is 0 Å². The normalized spacial score (nSPS) is 11.9. The summed E-state index contributed by atoms with van der Waals surface area (Å²) in [7, 11) is 0. The summed E-state index contributed by atoms with van der Waals surface area (Å²) in [5, 5.41) is 11.4. The van der Waals surface area contributed by atoms with Crippen LogP contribution in [0.3, 0.4) is 0 Å². The monoisotopic (exact) mass is 267 g/mol. The molecule has 6 nitrogen and oxygen atoms in total. The quantitative estimate of drug-likeness (QED) is 0.377. The summed E-state index contributed by atoms with van der Waals surface area (Å²) in [4.78, 5) is 11.7. The number of aromatic nitrogens is 1. The molecule has 2 rings (SSSR count). The second-order valence-electron chi connectivity index (χ2n) is 3.61. The summed E-state index contributed by atoms with van der Waals surface area (Å²) in [5.74, 6) is 0.716. The van der Waals surface area contributed by atoms with Gasteiger partial charge in [-0.25, -0.2) is 0 Å². The van der Waals surface area contributed by atoms with Crippen molar-refractivity contribution in [2.24, 2.45) is 10.9 Å². The number of rotatable bonds is 4. The van der Waals surface area contributed by atoms with Gasteiger partial charge in [0.2, 0.25) is 0 Å². The van der Waals surface area contributed by atoms with Crippen LogP contribution in [0.1, 0.15) is 6.92 Å². The topological polar surface area (TPSA) is 89.8 Å². The van der Waals surface area contributed by atoms with Gasteiger partial charge in [-0.1, -0.05) is 16.5 Å². The number of hydrogen-bond acceptors (Lipinski definition) is 5. The van der Waals surface area contributed by atoms with Crippen molar-refractivity contribution in [2.45, 2.75) is 13.5 Å². The highest BCUT2D eigenvalue weighted by Crippen LogP contribution is 2.23. The number of nitrogens with two attached hydrogens (primary N) is 1. The fourth-order valence-corrected chi connectivity index (χ4v) is 2.57. The van der Waals surface area contributed by atoms with Gasteiger partial charge in [-0.05, 0) is 25.1 Å². The Bertz CT molecular complexity index is 645. The molecule has 1 heterocycles.